The molecule has 0 aromatic carbocycles. The molecule has 3 rings (SSSR count). The van der Waals surface area contributed by atoms with Gasteiger partial charge in [-0.15, -0.1) is 12.4 Å². The smallest absolute Gasteiger partial charge is 0.222 e. The molecule has 0 aliphatic carbocycles. The lowest BCUT2D eigenvalue weighted by molar-refractivity contribution is -0.125. The average Bonchev–Trinajstić information content (AvgIpc) is 2.92. The number of morpholine rings is 1. The third kappa shape index (κ3) is 3.15. The van der Waals surface area contributed by atoms with E-state index in [1.807, 2.05) is 0 Å². The van der Waals surface area contributed by atoms with Crippen molar-refractivity contribution in [2.24, 2.45) is 0 Å². The van der Waals surface area contributed by atoms with Crippen LogP contribution in [-0.4, -0.2) is 50.0 Å². The minimum Gasteiger partial charge on any atom is -0.375 e. The zero-order valence-corrected chi connectivity index (χ0v) is 11.2. The molecular weight excluding hydrogens is 256 g/mol. The van der Waals surface area contributed by atoms with Crippen molar-refractivity contribution in [3.8, 4) is 0 Å². The van der Waals surface area contributed by atoms with E-state index in [0.29, 0.717) is 19.1 Å². The molecule has 4 unspecified atom stereocenters. The Kier molecular flexibility index (Phi) is 4.84. The van der Waals surface area contributed by atoms with Gasteiger partial charge < -0.3 is 20.1 Å². The molecule has 2 N–H and O–H groups in total. The van der Waals surface area contributed by atoms with Gasteiger partial charge in [-0.1, -0.05) is 0 Å². The summed E-state index contributed by atoms with van der Waals surface area (Å²) in [6.07, 6.45) is 4.38. The fraction of sp³-hybridized carbons (Fsp3) is 0.917. The summed E-state index contributed by atoms with van der Waals surface area (Å²) in [4.78, 5) is 11.9. The Labute approximate surface area is 113 Å². The van der Waals surface area contributed by atoms with Crippen molar-refractivity contribution in [1.82, 2.24) is 10.6 Å². The highest BCUT2D eigenvalue weighted by Crippen LogP contribution is 2.34. The van der Waals surface area contributed by atoms with Gasteiger partial charge in [-0.2, -0.15) is 0 Å². The predicted molar refractivity (Wildman–Crippen MR) is 68.9 cm³/mol. The number of fused-ring (bicyclic) bond motifs is 2. The lowest BCUT2D eigenvalue weighted by Gasteiger charge is -2.25. The Balaban J connectivity index is 0.00000120. The van der Waals surface area contributed by atoms with Crippen LogP contribution in [0.5, 0.6) is 0 Å². The molecule has 3 saturated heterocycles. The molecule has 4 atom stereocenters. The lowest BCUT2D eigenvalue weighted by atomic mass is 9.95. The van der Waals surface area contributed by atoms with Crippen LogP contribution in [0.3, 0.4) is 0 Å². The molecule has 18 heavy (non-hydrogen) atoms. The quantitative estimate of drug-likeness (QED) is 0.774. The van der Waals surface area contributed by atoms with Gasteiger partial charge in [0, 0.05) is 13.1 Å². The molecule has 0 radical (unpaired) electrons. The van der Waals surface area contributed by atoms with E-state index < -0.39 is 0 Å². The molecule has 5 nitrogen and oxygen atoms in total. The van der Waals surface area contributed by atoms with Crippen LogP contribution in [0.1, 0.15) is 25.7 Å². The van der Waals surface area contributed by atoms with E-state index >= 15 is 0 Å². The number of carbonyl (C=O) groups excluding carboxylic acids is 1. The van der Waals surface area contributed by atoms with E-state index in [4.69, 9.17) is 9.47 Å². The molecule has 3 aliphatic heterocycles. The molecule has 1 amide bonds. The van der Waals surface area contributed by atoms with Crippen LogP contribution in [0.2, 0.25) is 0 Å². The maximum absolute atomic E-state index is 11.9. The Hall–Kier alpha value is -0.360. The van der Waals surface area contributed by atoms with Crippen molar-refractivity contribution in [2.45, 2.75) is 50.0 Å². The van der Waals surface area contributed by atoms with Gasteiger partial charge in [0.15, 0.2) is 0 Å². The number of halogens is 1. The van der Waals surface area contributed by atoms with E-state index in [2.05, 4.69) is 10.6 Å². The SMILES string of the molecule is Cl.O=C(CC1CNCCO1)NC1CC2CCC1O2. The third-order valence-electron chi connectivity index (χ3n) is 3.87. The molecule has 0 saturated carbocycles. The van der Waals surface area contributed by atoms with Crippen molar-refractivity contribution in [2.75, 3.05) is 19.7 Å². The summed E-state index contributed by atoms with van der Waals surface area (Å²) in [5, 5.41) is 6.32. The number of carbonyl (C=O) groups is 1. The van der Waals surface area contributed by atoms with Gasteiger partial charge in [0.1, 0.15) is 0 Å². The van der Waals surface area contributed by atoms with Crippen LogP contribution in [-0.2, 0) is 14.3 Å². The van der Waals surface area contributed by atoms with Crippen LogP contribution >= 0.6 is 12.4 Å². The van der Waals surface area contributed by atoms with Gasteiger partial charge >= 0.3 is 0 Å². The number of rotatable bonds is 3. The minimum atomic E-state index is 0. The Morgan fingerprint density at radius 3 is 2.89 bits per heavy atom. The summed E-state index contributed by atoms with van der Waals surface area (Å²) in [6.45, 7) is 2.37. The number of amides is 1. The zero-order valence-electron chi connectivity index (χ0n) is 10.4. The first-order valence-corrected chi connectivity index (χ1v) is 6.58. The van der Waals surface area contributed by atoms with Gasteiger partial charge in [-0.25, -0.2) is 0 Å². The highest BCUT2D eigenvalue weighted by atomic mass is 35.5. The van der Waals surface area contributed by atoms with Gasteiger partial charge in [-0.05, 0) is 19.3 Å². The first kappa shape index (κ1) is 14.1. The van der Waals surface area contributed by atoms with Crippen molar-refractivity contribution >= 4 is 18.3 Å². The normalized spacial score (nSPS) is 38.2. The Morgan fingerprint density at radius 2 is 2.28 bits per heavy atom. The molecule has 3 heterocycles. The second-order valence-corrected chi connectivity index (χ2v) is 5.18. The van der Waals surface area contributed by atoms with Crippen LogP contribution in [0.4, 0.5) is 0 Å². The topological polar surface area (TPSA) is 59.6 Å². The van der Waals surface area contributed by atoms with Gasteiger partial charge in [0.2, 0.25) is 5.91 Å². The summed E-state index contributed by atoms with van der Waals surface area (Å²) < 4.78 is 11.2. The van der Waals surface area contributed by atoms with Crippen molar-refractivity contribution in [3.63, 3.8) is 0 Å². The number of nitrogens with one attached hydrogen (secondary N) is 2. The number of hydrogen-bond donors (Lipinski definition) is 2. The number of ether oxygens (including phenoxy) is 2. The molecule has 0 aromatic rings. The van der Waals surface area contributed by atoms with Gasteiger partial charge in [-0.3, -0.25) is 4.79 Å². The van der Waals surface area contributed by atoms with Crippen molar-refractivity contribution in [1.29, 1.82) is 0 Å². The van der Waals surface area contributed by atoms with Crippen molar-refractivity contribution in [3.05, 3.63) is 0 Å². The molecule has 0 aromatic heterocycles. The molecule has 104 valence electrons. The number of hydrogen-bond acceptors (Lipinski definition) is 4. The fourth-order valence-corrected chi connectivity index (χ4v) is 3.01. The Bertz CT molecular complexity index is 297. The van der Waals surface area contributed by atoms with E-state index in [-0.39, 0.29) is 36.6 Å². The van der Waals surface area contributed by atoms with Gasteiger partial charge in [0.25, 0.3) is 0 Å². The third-order valence-corrected chi connectivity index (χ3v) is 3.87. The summed E-state index contributed by atoms with van der Waals surface area (Å²) in [5.41, 5.74) is 0. The minimum absolute atomic E-state index is 0. The predicted octanol–water partition coefficient (Wildman–Crippen LogP) is 0.223. The molecule has 0 spiro atoms. The van der Waals surface area contributed by atoms with Crippen LogP contribution in [0, 0.1) is 0 Å². The maximum atomic E-state index is 11.9. The monoisotopic (exact) mass is 276 g/mol. The first-order chi connectivity index (χ1) is 8.31. The van der Waals surface area contributed by atoms with E-state index in [9.17, 15) is 4.79 Å². The maximum Gasteiger partial charge on any atom is 0.222 e. The molecule has 3 aliphatic rings. The van der Waals surface area contributed by atoms with E-state index in [1.165, 1.54) is 0 Å². The van der Waals surface area contributed by atoms with Gasteiger partial charge in [0.05, 0.1) is 37.4 Å². The van der Waals surface area contributed by atoms with Crippen LogP contribution < -0.4 is 10.6 Å². The molecule has 6 heteroatoms. The Morgan fingerprint density at radius 1 is 1.39 bits per heavy atom. The summed E-state index contributed by atoms with van der Waals surface area (Å²) in [6, 6.07) is 0.234. The lowest BCUT2D eigenvalue weighted by Crippen LogP contribution is -2.45. The van der Waals surface area contributed by atoms with E-state index in [1.54, 1.807) is 0 Å². The average molecular weight is 277 g/mol. The molecule has 3 fully saturated rings. The highest BCUT2D eigenvalue weighted by molar-refractivity contribution is 5.85. The summed E-state index contributed by atoms with van der Waals surface area (Å²) >= 11 is 0. The summed E-state index contributed by atoms with van der Waals surface area (Å²) in [5.74, 6) is 0.0971. The second kappa shape index (κ2) is 6.19. The standard InChI is InChI=1S/C12H20N2O3.ClH/c15-12(6-9-7-13-3-4-16-9)14-10-5-8-1-2-11(10)17-8;/h8-11,13H,1-7H2,(H,14,15);1H. The molecule has 2 bridgehead atoms. The second-order valence-electron chi connectivity index (χ2n) is 5.18. The van der Waals surface area contributed by atoms with Crippen LogP contribution in [0.15, 0.2) is 0 Å². The molecular formula is C12H21ClN2O3. The van der Waals surface area contributed by atoms with Crippen molar-refractivity contribution < 1.29 is 14.3 Å². The fourth-order valence-electron chi connectivity index (χ4n) is 3.01. The first-order valence-electron chi connectivity index (χ1n) is 6.58. The zero-order chi connectivity index (χ0) is 11.7. The largest absolute Gasteiger partial charge is 0.375 e. The summed E-state index contributed by atoms with van der Waals surface area (Å²) in [7, 11) is 0. The van der Waals surface area contributed by atoms with Crippen LogP contribution in [0.25, 0.3) is 0 Å². The van der Waals surface area contributed by atoms with E-state index in [0.717, 1.165) is 32.4 Å². The highest BCUT2D eigenvalue weighted by Gasteiger charge is 2.41.